The third-order valence-electron chi connectivity index (χ3n) is 4.90. The van der Waals surface area contributed by atoms with Gasteiger partial charge in [-0.25, -0.2) is 9.98 Å². The summed E-state index contributed by atoms with van der Waals surface area (Å²) in [5.41, 5.74) is 2.02. The van der Waals surface area contributed by atoms with Crippen molar-refractivity contribution in [3.63, 3.8) is 0 Å². The minimum absolute atomic E-state index is 0. The Kier molecular flexibility index (Phi) is 10.2. The third-order valence-corrected chi connectivity index (χ3v) is 4.90. The fourth-order valence-corrected chi connectivity index (χ4v) is 3.28. The van der Waals surface area contributed by atoms with Crippen LogP contribution in [0.5, 0.6) is 0 Å². The molecular formula is C22H34IN5O3. The first kappa shape index (κ1) is 25.6. The molecule has 172 valence electrons. The summed E-state index contributed by atoms with van der Waals surface area (Å²) in [5, 5.41) is 17.2. The number of guanidine groups is 1. The maximum absolute atomic E-state index is 10.8. The number of aliphatic imine (C=N–C) groups is 1. The molecule has 1 aliphatic heterocycles. The van der Waals surface area contributed by atoms with Gasteiger partial charge in [0.1, 0.15) is 12.0 Å². The molecule has 0 bridgehead atoms. The van der Waals surface area contributed by atoms with Crippen molar-refractivity contribution in [1.82, 2.24) is 20.5 Å². The van der Waals surface area contributed by atoms with Crippen molar-refractivity contribution in [2.75, 3.05) is 45.9 Å². The van der Waals surface area contributed by atoms with Crippen LogP contribution >= 0.6 is 24.0 Å². The fourth-order valence-electron chi connectivity index (χ4n) is 3.28. The average molecular weight is 543 g/mol. The van der Waals surface area contributed by atoms with E-state index in [1.807, 2.05) is 45.0 Å². The SMILES string of the molecule is CCNC(=NCc1coc(-c2ccc(C)cc2)n1)NCC(C)(O)CN1CCOCC1.I. The Hall–Kier alpha value is -1.69. The Bertz CT molecular complexity index is 817. The van der Waals surface area contributed by atoms with Gasteiger partial charge in [0.15, 0.2) is 5.96 Å². The van der Waals surface area contributed by atoms with Gasteiger partial charge in [-0.05, 0) is 32.9 Å². The van der Waals surface area contributed by atoms with Gasteiger partial charge in [-0.15, -0.1) is 24.0 Å². The lowest BCUT2D eigenvalue weighted by molar-refractivity contribution is -0.0201. The highest BCUT2D eigenvalue weighted by Crippen LogP contribution is 2.19. The summed E-state index contributed by atoms with van der Waals surface area (Å²) < 4.78 is 11.0. The Morgan fingerprint density at radius 3 is 2.61 bits per heavy atom. The van der Waals surface area contributed by atoms with Crippen molar-refractivity contribution in [3.8, 4) is 11.5 Å². The lowest BCUT2D eigenvalue weighted by atomic mass is 10.1. The Morgan fingerprint density at radius 2 is 1.94 bits per heavy atom. The maximum atomic E-state index is 10.8. The number of morpholine rings is 1. The molecule has 1 atom stereocenters. The molecule has 31 heavy (non-hydrogen) atoms. The summed E-state index contributed by atoms with van der Waals surface area (Å²) in [6, 6.07) is 8.06. The normalized spacial score (nSPS) is 17.0. The van der Waals surface area contributed by atoms with Crippen LogP contribution in [0, 0.1) is 6.92 Å². The quantitative estimate of drug-likeness (QED) is 0.268. The van der Waals surface area contributed by atoms with Gasteiger partial charge in [0.05, 0.1) is 25.4 Å². The molecule has 2 heterocycles. The van der Waals surface area contributed by atoms with E-state index in [0.717, 1.165) is 44.1 Å². The molecule has 3 rings (SSSR count). The van der Waals surface area contributed by atoms with Crippen LogP contribution in [0.3, 0.4) is 0 Å². The number of oxazole rings is 1. The summed E-state index contributed by atoms with van der Waals surface area (Å²) in [5.74, 6) is 1.23. The van der Waals surface area contributed by atoms with Gasteiger partial charge in [-0.1, -0.05) is 17.7 Å². The standard InChI is InChI=1S/C22H33N5O3.HI/c1-4-23-21(25-15-22(3,28)16-27-9-11-29-12-10-27)24-13-19-14-30-20(26-19)18-7-5-17(2)6-8-18;/h5-8,14,28H,4,9-13,15-16H2,1-3H3,(H2,23,24,25);1H. The molecule has 1 aromatic carbocycles. The smallest absolute Gasteiger partial charge is 0.226 e. The van der Waals surface area contributed by atoms with Crippen LogP contribution in [0.4, 0.5) is 0 Å². The van der Waals surface area contributed by atoms with Crippen LogP contribution in [0.15, 0.2) is 39.9 Å². The highest BCUT2D eigenvalue weighted by atomic mass is 127. The van der Waals surface area contributed by atoms with Crippen LogP contribution in [0.2, 0.25) is 0 Å². The van der Waals surface area contributed by atoms with E-state index < -0.39 is 5.60 Å². The molecule has 1 aromatic heterocycles. The number of rotatable bonds is 8. The third kappa shape index (κ3) is 8.40. The molecule has 2 aromatic rings. The van der Waals surface area contributed by atoms with E-state index in [4.69, 9.17) is 9.15 Å². The molecule has 3 N–H and O–H groups in total. The average Bonchev–Trinajstić information content (AvgIpc) is 3.20. The Balaban J connectivity index is 0.00000341. The molecule has 1 fully saturated rings. The fraction of sp³-hybridized carbons (Fsp3) is 0.545. The monoisotopic (exact) mass is 543 g/mol. The number of ether oxygens (including phenoxy) is 1. The Morgan fingerprint density at radius 1 is 1.23 bits per heavy atom. The minimum atomic E-state index is -0.875. The second-order valence-corrected chi connectivity index (χ2v) is 7.94. The molecule has 1 unspecified atom stereocenters. The molecule has 0 spiro atoms. The highest BCUT2D eigenvalue weighted by molar-refractivity contribution is 14.0. The van der Waals surface area contributed by atoms with Crippen LogP contribution < -0.4 is 10.6 Å². The molecule has 9 heteroatoms. The van der Waals surface area contributed by atoms with E-state index in [1.54, 1.807) is 6.26 Å². The summed E-state index contributed by atoms with van der Waals surface area (Å²) in [7, 11) is 0. The van der Waals surface area contributed by atoms with E-state index >= 15 is 0 Å². The minimum Gasteiger partial charge on any atom is -0.444 e. The lowest BCUT2D eigenvalue weighted by Crippen LogP contribution is -2.52. The second-order valence-electron chi connectivity index (χ2n) is 7.94. The van der Waals surface area contributed by atoms with Crippen molar-refractivity contribution in [2.24, 2.45) is 4.99 Å². The van der Waals surface area contributed by atoms with Crippen molar-refractivity contribution >= 4 is 29.9 Å². The summed E-state index contributed by atoms with van der Waals surface area (Å²) in [4.78, 5) is 11.3. The first-order valence-corrected chi connectivity index (χ1v) is 10.5. The van der Waals surface area contributed by atoms with Crippen molar-refractivity contribution in [1.29, 1.82) is 0 Å². The molecule has 1 aliphatic rings. The summed E-state index contributed by atoms with van der Waals surface area (Å²) >= 11 is 0. The number of aromatic nitrogens is 1. The predicted octanol–water partition coefficient (Wildman–Crippen LogP) is 2.41. The van der Waals surface area contributed by atoms with Crippen molar-refractivity contribution in [2.45, 2.75) is 32.9 Å². The van der Waals surface area contributed by atoms with Crippen LogP contribution in [0.25, 0.3) is 11.5 Å². The molecule has 0 amide bonds. The largest absolute Gasteiger partial charge is 0.444 e. The number of hydrogen-bond donors (Lipinski definition) is 3. The van der Waals surface area contributed by atoms with Gasteiger partial charge in [-0.3, -0.25) is 4.90 Å². The number of halogens is 1. The van der Waals surface area contributed by atoms with Gasteiger partial charge in [0.25, 0.3) is 0 Å². The van der Waals surface area contributed by atoms with Gasteiger partial charge in [0.2, 0.25) is 5.89 Å². The molecule has 8 nitrogen and oxygen atoms in total. The van der Waals surface area contributed by atoms with E-state index in [-0.39, 0.29) is 24.0 Å². The zero-order valence-electron chi connectivity index (χ0n) is 18.6. The summed E-state index contributed by atoms with van der Waals surface area (Å²) in [6.07, 6.45) is 1.64. The zero-order valence-corrected chi connectivity index (χ0v) is 20.9. The van der Waals surface area contributed by atoms with Crippen molar-refractivity contribution < 1.29 is 14.3 Å². The highest BCUT2D eigenvalue weighted by Gasteiger charge is 2.25. The number of benzene rings is 1. The molecule has 0 aliphatic carbocycles. The first-order valence-electron chi connectivity index (χ1n) is 10.5. The van der Waals surface area contributed by atoms with E-state index in [1.165, 1.54) is 5.56 Å². The van der Waals surface area contributed by atoms with E-state index in [0.29, 0.717) is 31.5 Å². The number of nitrogens with zero attached hydrogens (tertiary/aromatic N) is 3. The first-order chi connectivity index (χ1) is 14.4. The number of nitrogens with one attached hydrogen (secondary N) is 2. The van der Waals surface area contributed by atoms with Gasteiger partial charge < -0.3 is 24.9 Å². The molecule has 1 saturated heterocycles. The number of hydrogen-bond acceptors (Lipinski definition) is 6. The Labute approximate surface area is 201 Å². The molecular weight excluding hydrogens is 509 g/mol. The zero-order chi connectivity index (χ0) is 21.4. The molecule has 0 radical (unpaired) electrons. The van der Waals surface area contributed by atoms with E-state index in [9.17, 15) is 5.11 Å². The van der Waals surface area contributed by atoms with E-state index in [2.05, 4.69) is 25.5 Å². The van der Waals surface area contributed by atoms with Crippen LogP contribution in [0.1, 0.15) is 25.1 Å². The number of aryl methyl sites for hydroxylation is 1. The van der Waals surface area contributed by atoms with Crippen molar-refractivity contribution in [3.05, 3.63) is 41.8 Å². The molecule has 0 saturated carbocycles. The number of β-amino-alcohol motifs (C(OH)–C–C–N with tert-alkyl or cyclic N) is 1. The number of aliphatic hydroxyl groups is 1. The van der Waals surface area contributed by atoms with Gasteiger partial charge in [-0.2, -0.15) is 0 Å². The topological polar surface area (TPSA) is 95.2 Å². The van der Waals surface area contributed by atoms with Gasteiger partial charge in [0, 0.05) is 38.3 Å². The van der Waals surface area contributed by atoms with Gasteiger partial charge >= 0.3 is 0 Å². The maximum Gasteiger partial charge on any atom is 0.226 e. The second kappa shape index (κ2) is 12.4. The van der Waals surface area contributed by atoms with Crippen LogP contribution in [-0.2, 0) is 11.3 Å². The lowest BCUT2D eigenvalue weighted by Gasteiger charge is -2.34. The predicted molar refractivity (Wildman–Crippen MR) is 133 cm³/mol. The summed E-state index contributed by atoms with van der Waals surface area (Å²) in [6.45, 7) is 11.1. The van der Waals surface area contributed by atoms with Crippen LogP contribution in [-0.4, -0.2) is 72.5 Å².